The topological polar surface area (TPSA) is 644 Å². The number of carbonyl (C=O) groups excluding carboxylic acids is 12. The number of guanidine groups is 3. The molecule has 0 aliphatic rings. The van der Waals surface area contributed by atoms with Gasteiger partial charge in [0, 0.05) is 87.6 Å². The largest absolute Gasteiger partial charge is 0.480 e. The second-order valence-electron chi connectivity index (χ2n) is 30.6. The number of fused-ring (bicyclic) bond motifs is 2. The molecule has 0 saturated carbocycles. The first-order chi connectivity index (χ1) is 58.5. The third-order valence-electron chi connectivity index (χ3n) is 20.4. The number of anilines is 2. The molecule has 4 aromatic carbocycles. The summed E-state index contributed by atoms with van der Waals surface area (Å²) in [6.07, 6.45) is -1.19. The maximum atomic E-state index is 15.1. The average Bonchev–Trinajstić information content (AvgIpc) is 0.743. The van der Waals surface area contributed by atoms with Crippen molar-refractivity contribution in [1.29, 1.82) is 16.2 Å². The number of unbranched alkanes of at least 4 members (excludes halogenated alkanes) is 1. The molecule has 0 spiro atoms. The molecule has 9 atom stereocenters. The zero-order valence-corrected chi connectivity index (χ0v) is 71.5. The summed E-state index contributed by atoms with van der Waals surface area (Å²) < 4.78 is 6.73. The molecule has 0 unspecified atom stereocenters. The number of nitrogens with one attached hydrogen (secondary N) is 16. The van der Waals surface area contributed by atoms with E-state index in [1.165, 1.54) is 0 Å². The molecule has 0 bridgehead atoms. The Hall–Kier alpha value is -13.0. The highest BCUT2D eigenvalue weighted by Gasteiger charge is 2.38. The number of carboxylic acid groups (broad SMARTS) is 1. The number of nitrogens with two attached hydrogens (primary N) is 6. The van der Waals surface area contributed by atoms with Gasteiger partial charge in [-0.25, -0.2) is 9.21 Å². The Morgan fingerprint density at radius 3 is 1.31 bits per heavy atom. The van der Waals surface area contributed by atoms with Gasteiger partial charge in [0.25, 0.3) is 5.91 Å². The minimum absolute atomic E-state index is 0.0354. The van der Waals surface area contributed by atoms with Crippen LogP contribution in [0.3, 0.4) is 0 Å². The van der Waals surface area contributed by atoms with Gasteiger partial charge in [-0.3, -0.25) is 73.8 Å². The smallest absolute Gasteiger partial charge is 0.363 e. The van der Waals surface area contributed by atoms with E-state index in [0.29, 0.717) is 45.0 Å². The lowest BCUT2D eigenvalue weighted by Gasteiger charge is -2.29. The zero-order valence-electron chi connectivity index (χ0n) is 71.5. The van der Waals surface area contributed by atoms with E-state index >= 15 is 14.4 Å². The van der Waals surface area contributed by atoms with E-state index < -0.39 is 157 Å². The Morgan fingerprint density at radius 1 is 0.431 bits per heavy atom. The van der Waals surface area contributed by atoms with Crippen LogP contribution in [-0.2, 0) is 64.0 Å². The lowest BCUT2D eigenvalue weighted by Crippen LogP contribution is -2.61. The lowest BCUT2D eigenvalue weighted by molar-refractivity contribution is -0.142. The van der Waals surface area contributed by atoms with Crippen molar-refractivity contribution in [1.82, 2.24) is 69.1 Å². The highest BCUT2D eigenvalue weighted by molar-refractivity contribution is 6.14. The van der Waals surface area contributed by atoms with Crippen LogP contribution in [0.1, 0.15) is 161 Å². The number of benzene rings is 4. The molecule has 0 radical (unpaired) electrons. The van der Waals surface area contributed by atoms with Gasteiger partial charge in [0.1, 0.15) is 54.4 Å². The number of primary amides is 2. The minimum atomic E-state index is -1.64. The second kappa shape index (κ2) is 51.6. The molecule has 39 nitrogen and oxygen atoms in total. The van der Waals surface area contributed by atoms with E-state index in [2.05, 4.69) is 107 Å². The molecule has 29 N–H and O–H groups in total. The Morgan fingerprint density at radius 2 is 0.837 bits per heavy atom. The summed E-state index contributed by atoms with van der Waals surface area (Å²) in [5.74, 6) is -14.2. The molecule has 123 heavy (non-hydrogen) atoms. The molecule has 1 heterocycles. The highest BCUT2D eigenvalue weighted by Crippen LogP contribution is 2.41. The van der Waals surface area contributed by atoms with Crippen molar-refractivity contribution in [3.05, 3.63) is 102 Å². The predicted molar refractivity (Wildman–Crippen MR) is 470 cm³/mol. The predicted octanol–water partition coefficient (Wildman–Crippen LogP) is 0.799. The van der Waals surface area contributed by atoms with Crippen LogP contribution in [0.4, 0.5) is 11.4 Å². The van der Waals surface area contributed by atoms with Gasteiger partial charge in [-0.05, 0) is 165 Å². The molecule has 672 valence electrons. The van der Waals surface area contributed by atoms with Crippen molar-refractivity contribution >= 4 is 128 Å². The van der Waals surface area contributed by atoms with Crippen LogP contribution in [0.2, 0.25) is 0 Å². The van der Waals surface area contributed by atoms with Crippen molar-refractivity contribution in [2.45, 2.75) is 206 Å². The number of carboxylic acids is 1. The first kappa shape index (κ1) is 101. The molecular weight excluding hydrogens is 1590 g/mol. The fraction of sp³-hybridized carbons (Fsp3) is 0.512. The summed E-state index contributed by atoms with van der Waals surface area (Å²) in [5.41, 5.74) is 38.2. The van der Waals surface area contributed by atoms with E-state index in [1.54, 1.807) is 82.3 Å². The van der Waals surface area contributed by atoms with Crippen molar-refractivity contribution in [3.8, 4) is 11.1 Å². The summed E-state index contributed by atoms with van der Waals surface area (Å²) in [6, 6.07) is 13.8. The third-order valence-corrected chi connectivity index (χ3v) is 20.4. The van der Waals surface area contributed by atoms with Gasteiger partial charge in [-0.2, -0.15) is 0 Å². The molecule has 1 aromatic heterocycles. The maximum absolute atomic E-state index is 15.1. The number of aliphatic carboxylic acids is 1. The van der Waals surface area contributed by atoms with Crippen molar-refractivity contribution in [2.24, 2.45) is 46.2 Å². The third kappa shape index (κ3) is 33.5. The van der Waals surface area contributed by atoms with Gasteiger partial charge in [0.15, 0.2) is 17.9 Å². The van der Waals surface area contributed by atoms with Crippen LogP contribution in [-0.4, -0.2) is 213 Å². The summed E-state index contributed by atoms with van der Waals surface area (Å²) in [7, 11) is 0. The average molecular weight is 1710 g/mol. The van der Waals surface area contributed by atoms with Gasteiger partial charge in [-0.1, -0.05) is 76.2 Å². The van der Waals surface area contributed by atoms with E-state index in [0.717, 1.165) is 37.6 Å². The Balaban J connectivity index is 1.42. The van der Waals surface area contributed by atoms with Crippen LogP contribution < -0.4 is 113 Å². The lowest BCUT2D eigenvalue weighted by atomic mass is 9.92. The quantitative estimate of drug-likeness (QED) is 0.00841. The van der Waals surface area contributed by atoms with Crippen molar-refractivity contribution in [2.75, 3.05) is 68.7 Å². The number of nitrogens with zero attached hydrogens (tertiary/aromatic N) is 2. The molecule has 0 aliphatic carbocycles. The Kier molecular flexibility index (Phi) is 42.2. The molecule has 12 amide bonds. The van der Waals surface area contributed by atoms with Gasteiger partial charge in [-0.15, -0.1) is 0 Å². The molecular formula is C84H127N24O15+. The molecule has 5 aromatic rings. The monoisotopic (exact) mass is 1710 g/mol. The van der Waals surface area contributed by atoms with Gasteiger partial charge in [0.2, 0.25) is 65.0 Å². The van der Waals surface area contributed by atoms with Crippen LogP contribution in [0.15, 0.2) is 95.4 Å². The maximum Gasteiger partial charge on any atom is 0.363 e. The standard InChI is InChI=1S/C84H126N24O15/c1-9-107(10-2)51-31-33-55-65(45-51)123-66-46-52(108(11-3)12-4)32-34-56(66)70(55)53-25-16-17-26-54(53)72(112)99-60(35-37-67(86)109)76(116)100-59(29-21-41-95-83(90)91)75(115)104-63(43-48(5)6)78(118)105-64(44-50-23-14-13-15-24-50)79(119)101-61(36-38-68(87)110)77(117)106-71(49(7)8)80(120)102-57(27-18-19-39-85)73(113)97-47-69(111)98-58(28-20-40-94-82(88)89)74(114)103-62(81(121)122)30-22-42-96-84(92)93/h13-17,23-26,31-34,45-46,48-49,57-64,71H,9-12,18-22,27-30,35-44,47,85H2,1-8H3,(H26-,86,87,88,89,90,91,92,93,94,95,96,97,98,99,100,101,102,103,104,105,106,109,110,111,112,113,114,115,116,117,118,119,120,121,122)/p+1/t57-,58-,59-,60-,61-,62-,63-,64-,71-/m0/s1. The van der Waals surface area contributed by atoms with Gasteiger partial charge in [0.05, 0.1) is 29.4 Å². The summed E-state index contributed by atoms with van der Waals surface area (Å²) >= 11 is 0. The number of rotatable bonds is 55. The van der Waals surface area contributed by atoms with E-state index in [1.807, 2.05) is 36.4 Å². The number of hydrogen-bond donors (Lipinski definition) is 23. The molecule has 0 saturated heterocycles. The van der Waals surface area contributed by atoms with Crippen LogP contribution in [0.5, 0.6) is 0 Å². The molecule has 0 fully saturated rings. The summed E-state index contributed by atoms with van der Waals surface area (Å²) in [6.45, 7) is 17.5. The van der Waals surface area contributed by atoms with Crippen LogP contribution in [0, 0.1) is 28.1 Å². The second-order valence-corrected chi connectivity index (χ2v) is 30.6. The Labute approximate surface area is 716 Å². The fourth-order valence-electron chi connectivity index (χ4n) is 13.8. The van der Waals surface area contributed by atoms with Crippen molar-refractivity contribution < 1.29 is 71.9 Å². The molecule has 39 heteroatoms. The number of hydrogen-bond acceptors (Lipinski definition) is 19. The summed E-state index contributed by atoms with van der Waals surface area (Å²) in [5, 5.41) is 68.0. The van der Waals surface area contributed by atoms with Crippen LogP contribution in [0.25, 0.3) is 33.1 Å². The Bertz CT molecular complexity index is 4400. The zero-order chi connectivity index (χ0) is 91.0. The van der Waals surface area contributed by atoms with Crippen LogP contribution >= 0.6 is 0 Å². The van der Waals surface area contributed by atoms with Gasteiger partial charge >= 0.3 is 17.1 Å². The first-order valence-corrected chi connectivity index (χ1v) is 41.7. The van der Waals surface area contributed by atoms with E-state index in [9.17, 15) is 53.1 Å². The summed E-state index contributed by atoms with van der Waals surface area (Å²) in [4.78, 5) is 187. The highest BCUT2D eigenvalue weighted by atomic mass is 16.4. The van der Waals surface area contributed by atoms with E-state index in [-0.39, 0.29) is 133 Å². The minimum Gasteiger partial charge on any atom is -0.480 e. The molecule has 0 aliphatic heterocycles. The first-order valence-electron chi connectivity index (χ1n) is 41.7. The number of carbonyl (C=O) groups is 13. The fourth-order valence-corrected chi connectivity index (χ4v) is 13.8. The molecule has 5 rings (SSSR count). The number of amides is 12. The normalized spacial score (nSPS) is 13.3. The van der Waals surface area contributed by atoms with Crippen molar-refractivity contribution in [3.63, 3.8) is 0 Å². The van der Waals surface area contributed by atoms with Gasteiger partial charge < -0.3 is 118 Å². The SMILES string of the molecule is CCN(CC)c1ccc2c(-c3ccccc3C(=O)N[C@@H](CCC(N)=O)C(=O)N[C@@H](CCCNC(=N)N)C(=O)N[C@@H](CC(C)C)C(=O)N[C@@H](Cc3ccccc3)C(=O)N[C@@H](CCC(N)=O)C(=O)N[C@H](C(=O)N[C@@H](CCCCN)C(=O)NCC(=O)N[C@@H](CCCNC(=N)N)C(=O)N[C@@H](CCCNC(=N)N)C(=O)O)C(C)C)c3ccc(N(CC)CC)cc3[o+]c2c1. The van der Waals surface area contributed by atoms with E-state index in [4.69, 9.17) is 55.0 Å².